The SMILES string of the molecule is Cc1ccc(C2=N/C(=C/c3ccc(C(C)C)cc3)C(=O)N2)cc1C. The summed E-state index contributed by atoms with van der Waals surface area (Å²) in [6, 6.07) is 14.3. The van der Waals surface area contributed by atoms with Crippen LogP contribution >= 0.6 is 0 Å². The van der Waals surface area contributed by atoms with Gasteiger partial charge in [0.1, 0.15) is 11.5 Å². The van der Waals surface area contributed by atoms with Crippen LogP contribution in [0.5, 0.6) is 0 Å². The van der Waals surface area contributed by atoms with Crippen LogP contribution in [-0.4, -0.2) is 11.7 Å². The van der Waals surface area contributed by atoms with Gasteiger partial charge in [0, 0.05) is 5.56 Å². The van der Waals surface area contributed by atoms with Gasteiger partial charge in [0.25, 0.3) is 5.91 Å². The number of aliphatic imine (C=N–C) groups is 1. The Bertz CT molecular complexity index is 843. The maximum Gasteiger partial charge on any atom is 0.275 e. The minimum atomic E-state index is -0.156. The first kappa shape index (κ1) is 16.2. The summed E-state index contributed by atoms with van der Waals surface area (Å²) in [6.07, 6.45) is 1.83. The lowest BCUT2D eigenvalue weighted by Gasteiger charge is -2.04. The Morgan fingerprint density at radius 2 is 1.71 bits per heavy atom. The quantitative estimate of drug-likeness (QED) is 0.840. The number of nitrogens with one attached hydrogen (secondary N) is 1. The Labute approximate surface area is 143 Å². The molecule has 1 N–H and O–H groups in total. The van der Waals surface area contributed by atoms with E-state index in [9.17, 15) is 4.79 Å². The molecule has 2 aromatic rings. The fourth-order valence-electron chi connectivity index (χ4n) is 2.63. The number of amidine groups is 1. The lowest BCUT2D eigenvalue weighted by atomic mass is 10.0. The number of hydrogen-bond donors (Lipinski definition) is 1. The topological polar surface area (TPSA) is 41.5 Å². The highest BCUT2D eigenvalue weighted by molar-refractivity contribution is 6.19. The smallest absolute Gasteiger partial charge is 0.275 e. The molecule has 1 amide bonds. The van der Waals surface area contributed by atoms with Gasteiger partial charge in [-0.05, 0) is 54.2 Å². The van der Waals surface area contributed by atoms with Crippen molar-refractivity contribution in [1.29, 1.82) is 0 Å². The van der Waals surface area contributed by atoms with Crippen molar-refractivity contribution in [2.75, 3.05) is 0 Å². The van der Waals surface area contributed by atoms with Crippen LogP contribution < -0.4 is 5.32 Å². The third kappa shape index (κ3) is 3.30. The van der Waals surface area contributed by atoms with Gasteiger partial charge in [-0.1, -0.05) is 50.2 Å². The van der Waals surface area contributed by atoms with Gasteiger partial charge in [0.2, 0.25) is 0 Å². The molecule has 1 heterocycles. The van der Waals surface area contributed by atoms with E-state index in [1.54, 1.807) is 0 Å². The zero-order valence-corrected chi connectivity index (χ0v) is 14.6. The van der Waals surface area contributed by atoms with Gasteiger partial charge in [0.05, 0.1) is 0 Å². The number of hydrogen-bond acceptors (Lipinski definition) is 2. The molecule has 0 saturated heterocycles. The summed E-state index contributed by atoms with van der Waals surface area (Å²) in [4.78, 5) is 16.7. The van der Waals surface area contributed by atoms with Crippen LogP contribution in [0, 0.1) is 13.8 Å². The molecule has 0 spiro atoms. The zero-order chi connectivity index (χ0) is 17.3. The average Bonchev–Trinajstić information content (AvgIpc) is 2.91. The summed E-state index contributed by atoms with van der Waals surface area (Å²) in [7, 11) is 0. The fourth-order valence-corrected chi connectivity index (χ4v) is 2.63. The second-order valence-electron chi connectivity index (χ2n) is 6.56. The molecular formula is C21H22N2O. The minimum absolute atomic E-state index is 0.156. The molecular weight excluding hydrogens is 296 g/mol. The average molecular weight is 318 g/mol. The minimum Gasteiger partial charge on any atom is -0.305 e. The normalized spacial score (nSPS) is 15.8. The Balaban J connectivity index is 1.89. The molecule has 0 atom stereocenters. The second-order valence-corrected chi connectivity index (χ2v) is 6.56. The molecule has 3 rings (SSSR count). The van der Waals surface area contributed by atoms with Crippen molar-refractivity contribution in [3.63, 3.8) is 0 Å². The van der Waals surface area contributed by atoms with Crippen LogP contribution in [0.1, 0.15) is 47.6 Å². The van der Waals surface area contributed by atoms with E-state index >= 15 is 0 Å². The number of rotatable bonds is 3. The summed E-state index contributed by atoms with van der Waals surface area (Å²) in [5, 5.41) is 2.86. The molecule has 1 aliphatic heterocycles. The van der Waals surface area contributed by atoms with E-state index < -0.39 is 0 Å². The molecule has 0 fully saturated rings. The highest BCUT2D eigenvalue weighted by Gasteiger charge is 2.21. The van der Waals surface area contributed by atoms with Gasteiger partial charge in [-0.25, -0.2) is 4.99 Å². The van der Waals surface area contributed by atoms with E-state index in [-0.39, 0.29) is 5.91 Å². The molecule has 2 aromatic carbocycles. The van der Waals surface area contributed by atoms with E-state index in [2.05, 4.69) is 56.2 Å². The predicted molar refractivity (Wildman–Crippen MR) is 99.1 cm³/mol. The third-order valence-electron chi connectivity index (χ3n) is 4.38. The number of benzene rings is 2. The maximum absolute atomic E-state index is 12.2. The summed E-state index contributed by atoms with van der Waals surface area (Å²) >= 11 is 0. The van der Waals surface area contributed by atoms with Gasteiger partial charge in [-0.3, -0.25) is 4.79 Å². The van der Waals surface area contributed by atoms with Crippen LogP contribution in [-0.2, 0) is 4.79 Å². The molecule has 1 aliphatic rings. The number of nitrogens with zero attached hydrogens (tertiary/aromatic N) is 1. The van der Waals surface area contributed by atoms with Crippen LogP contribution in [0.15, 0.2) is 53.2 Å². The van der Waals surface area contributed by atoms with Crippen molar-refractivity contribution in [2.24, 2.45) is 4.99 Å². The van der Waals surface area contributed by atoms with E-state index in [1.165, 1.54) is 16.7 Å². The van der Waals surface area contributed by atoms with E-state index in [4.69, 9.17) is 0 Å². The van der Waals surface area contributed by atoms with Gasteiger partial charge in [-0.2, -0.15) is 0 Å². The molecule has 0 radical (unpaired) electrons. The van der Waals surface area contributed by atoms with E-state index in [0.29, 0.717) is 17.5 Å². The standard InChI is InChI=1S/C21H22N2O/c1-13(2)17-9-6-16(7-10-17)12-19-21(24)23-20(22-19)18-8-5-14(3)15(4)11-18/h5-13H,1-4H3,(H,22,23,24)/b19-12+. The van der Waals surface area contributed by atoms with Gasteiger partial charge >= 0.3 is 0 Å². The van der Waals surface area contributed by atoms with Crippen molar-refractivity contribution in [3.8, 4) is 0 Å². The lowest BCUT2D eigenvalue weighted by Crippen LogP contribution is -2.24. The largest absolute Gasteiger partial charge is 0.305 e. The highest BCUT2D eigenvalue weighted by atomic mass is 16.2. The molecule has 0 unspecified atom stereocenters. The molecule has 3 nitrogen and oxygen atoms in total. The van der Waals surface area contributed by atoms with Gasteiger partial charge in [-0.15, -0.1) is 0 Å². The molecule has 3 heteroatoms. The van der Waals surface area contributed by atoms with Crippen LogP contribution in [0.25, 0.3) is 6.08 Å². The van der Waals surface area contributed by atoms with Crippen LogP contribution in [0.3, 0.4) is 0 Å². The van der Waals surface area contributed by atoms with Gasteiger partial charge < -0.3 is 5.32 Å². The highest BCUT2D eigenvalue weighted by Crippen LogP contribution is 2.19. The number of carbonyl (C=O) groups excluding carboxylic acids is 1. The first-order chi connectivity index (χ1) is 11.4. The maximum atomic E-state index is 12.2. The molecule has 0 bridgehead atoms. The van der Waals surface area contributed by atoms with Gasteiger partial charge in [0.15, 0.2) is 0 Å². The van der Waals surface area contributed by atoms with Crippen molar-refractivity contribution in [2.45, 2.75) is 33.6 Å². The summed E-state index contributed by atoms with van der Waals surface area (Å²) in [5.41, 5.74) is 6.06. The summed E-state index contributed by atoms with van der Waals surface area (Å²) < 4.78 is 0. The summed E-state index contributed by atoms with van der Waals surface area (Å²) in [5.74, 6) is 0.959. The van der Waals surface area contributed by atoms with E-state index in [1.807, 2.05) is 30.3 Å². The van der Waals surface area contributed by atoms with Crippen molar-refractivity contribution in [1.82, 2.24) is 5.32 Å². The van der Waals surface area contributed by atoms with E-state index in [0.717, 1.165) is 11.1 Å². The molecule has 122 valence electrons. The van der Waals surface area contributed by atoms with Crippen LogP contribution in [0.4, 0.5) is 0 Å². The molecule has 24 heavy (non-hydrogen) atoms. The molecule has 0 aliphatic carbocycles. The first-order valence-corrected chi connectivity index (χ1v) is 8.23. The first-order valence-electron chi connectivity index (χ1n) is 8.23. The van der Waals surface area contributed by atoms with Crippen molar-refractivity contribution >= 4 is 17.8 Å². The fraction of sp³-hybridized carbons (Fsp3) is 0.238. The number of amides is 1. The van der Waals surface area contributed by atoms with Crippen molar-refractivity contribution < 1.29 is 4.79 Å². The van der Waals surface area contributed by atoms with Crippen LogP contribution in [0.2, 0.25) is 0 Å². The molecule has 0 saturated carbocycles. The summed E-state index contributed by atoms with van der Waals surface area (Å²) in [6.45, 7) is 8.46. The van der Waals surface area contributed by atoms with Crippen molar-refractivity contribution in [3.05, 3.63) is 76.0 Å². The second kappa shape index (κ2) is 6.44. The molecule has 0 aromatic heterocycles. The Hall–Kier alpha value is -2.68. The Morgan fingerprint density at radius 1 is 1.00 bits per heavy atom. The number of carbonyl (C=O) groups is 1. The third-order valence-corrected chi connectivity index (χ3v) is 4.38. The Morgan fingerprint density at radius 3 is 2.33 bits per heavy atom. The predicted octanol–water partition coefficient (Wildman–Crippen LogP) is 4.34. The lowest BCUT2D eigenvalue weighted by molar-refractivity contribution is -0.115. The Kier molecular flexibility index (Phi) is 4.34. The number of aryl methyl sites for hydroxylation is 2. The zero-order valence-electron chi connectivity index (χ0n) is 14.6. The monoisotopic (exact) mass is 318 g/mol.